The van der Waals surface area contributed by atoms with Crippen molar-refractivity contribution in [2.45, 2.75) is 0 Å². The van der Waals surface area contributed by atoms with Crippen molar-refractivity contribution in [2.24, 2.45) is 0 Å². The molecule has 0 bridgehead atoms. The van der Waals surface area contributed by atoms with Crippen molar-refractivity contribution in [1.29, 1.82) is 0 Å². The molecule has 12 aromatic carbocycles. The first-order chi connectivity index (χ1) is 35.2. The Hall–Kier alpha value is -9.44. The van der Waals surface area contributed by atoms with Crippen LogP contribution in [-0.4, -0.2) is 4.57 Å². The van der Waals surface area contributed by atoms with Gasteiger partial charge in [0.15, 0.2) is 0 Å². The SMILES string of the molecule is c1cc(-c2cccc3oc4ccccc4c23)cc(N(c2ccc(-c3ccc(-c4ccc(-n5c6ccccc6c6ccccc65)cc4)cc3)cc2)c2ccc(-c3ccc4c(ccc5ccccc54)c3)cc2)c1. The van der Waals surface area contributed by atoms with E-state index >= 15 is 0 Å². The Labute approximate surface area is 411 Å². The number of benzene rings is 12. The van der Waals surface area contributed by atoms with Gasteiger partial charge in [-0.05, 0) is 145 Å². The van der Waals surface area contributed by atoms with E-state index in [-0.39, 0.29) is 0 Å². The molecule has 2 heterocycles. The van der Waals surface area contributed by atoms with Crippen LogP contribution in [-0.2, 0) is 0 Å². The van der Waals surface area contributed by atoms with Gasteiger partial charge in [0.2, 0.25) is 0 Å². The van der Waals surface area contributed by atoms with Gasteiger partial charge < -0.3 is 13.9 Å². The van der Waals surface area contributed by atoms with E-state index in [4.69, 9.17) is 4.42 Å². The lowest BCUT2D eigenvalue weighted by atomic mass is 9.97. The van der Waals surface area contributed by atoms with Gasteiger partial charge in [0.05, 0.1) is 11.0 Å². The smallest absolute Gasteiger partial charge is 0.136 e. The van der Waals surface area contributed by atoms with Crippen molar-refractivity contribution in [2.75, 3.05) is 4.90 Å². The van der Waals surface area contributed by atoms with Gasteiger partial charge in [0.25, 0.3) is 0 Å². The standard InChI is InChI=1S/C68H44N2O/c1-2-14-58-50(11-1)27-28-53-43-51(35-42-59(53)58)49-33-38-55(39-34-49)69(57-13-9-12-52(44-57)60-18-10-22-67-68(60)63-17-5-8-21-66(63)71-67)54-36-29-47(30-37-54)45-23-25-46(26-24-45)48-31-40-56(41-32-48)70-64-19-6-3-15-61(64)62-16-4-7-20-65(62)70/h1-44H. The zero-order valence-corrected chi connectivity index (χ0v) is 38.7. The molecule has 0 spiro atoms. The molecule has 0 amide bonds. The lowest BCUT2D eigenvalue weighted by Gasteiger charge is -2.26. The first kappa shape index (κ1) is 40.6. The van der Waals surface area contributed by atoms with Crippen LogP contribution in [0.25, 0.3) is 115 Å². The Morgan fingerprint density at radius 3 is 1.45 bits per heavy atom. The molecule has 3 heteroatoms. The lowest BCUT2D eigenvalue weighted by molar-refractivity contribution is 0.669. The maximum absolute atomic E-state index is 6.33. The van der Waals surface area contributed by atoms with Crippen molar-refractivity contribution in [1.82, 2.24) is 4.57 Å². The van der Waals surface area contributed by atoms with E-state index in [0.29, 0.717) is 0 Å². The molecule has 0 radical (unpaired) electrons. The average molecular weight is 905 g/mol. The van der Waals surface area contributed by atoms with Crippen molar-refractivity contribution < 1.29 is 4.42 Å². The van der Waals surface area contributed by atoms with Crippen molar-refractivity contribution in [3.63, 3.8) is 0 Å². The maximum atomic E-state index is 6.33. The van der Waals surface area contributed by atoms with Crippen LogP contribution < -0.4 is 4.90 Å². The first-order valence-electron chi connectivity index (χ1n) is 24.3. The molecule has 0 aliphatic carbocycles. The normalized spacial score (nSPS) is 11.7. The zero-order valence-electron chi connectivity index (χ0n) is 38.7. The molecule has 0 atom stereocenters. The van der Waals surface area contributed by atoms with Gasteiger partial charge in [-0.25, -0.2) is 0 Å². The highest BCUT2D eigenvalue weighted by Crippen LogP contribution is 2.42. The summed E-state index contributed by atoms with van der Waals surface area (Å²) in [5.74, 6) is 0. The van der Waals surface area contributed by atoms with E-state index < -0.39 is 0 Å². The lowest BCUT2D eigenvalue weighted by Crippen LogP contribution is -2.10. The second-order valence-corrected chi connectivity index (χ2v) is 18.5. The molecule has 0 saturated heterocycles. The number of hydrogen-bond acceptors (Lipinski definition) is 2. The molecule has 71 heavy (non-hydrogen) atoms. The number of rotatable bonds is 8. The number of fused-ring (bicyclic) bond motifs is 9. The van der Waals surface area contributed by atoms with E-state index in [1.807, 2.05) is 12.1 Å². The third kappa shape index (κ3) is 6.97. The number of para-hydroxylation sites is 3. The fraction of sp³-hybridized carbons (Fsp3) is 0. The number of aromatic nitrogens is 1. The molecule has 2 aromatic heterocycles. The van der Waals surface area contributed by atoms with Gasteiger partial charge in [-0.15, -0.1) is 0 Å². The predicted octanol–water partition coefficient (Wildman–Crippen LogP) is 19.1. The van der Waals surface area contributed by atoms with E-state index in [0.717, 1.165) is 61.4 Å². The summed E-state index contributed by atoms with van der Waals surface area (Å²) in [5.41, 5.74) is 17.9. The van der Waals surface area contributed by atoms with Crippen molar-refractivity contribution in [3.05, 3.63) is 267 Å². The molecular weight excluding hydrogens is 861 g/mol. The van der Waals surface area contributed by atoms with Crippen LogP contribution in [0.3, 0.4) is 0 Å². The quantitative estimate of drug-likeness (QED) is 0.142. The maximum Gasteiger partial charge on any atom is 0.136 e. The molecule has 0 aliphatic heterocycles. The van der Waals surface area contributed by atoms with Crippen molar-refractivity contribution in [3.8, 4) is 50.2 Å². The summed E-state index contributed by atoms with van der Waals surface area (Å²) >= 11 is 0. The van der Waals surface area contributed by atoms with E-state index in [2.05, 4.69) is 264 Å². The summed E-state index contributed by atoms with van der Waals surface area (Å²) in [5, 5.41) is 9.84. The minimum absolute atomic E-state index is 0.889. The third-order valence-electron chi connectivity index (χ3n) is 14.4. The summed E-state index contributed by atoms with van der Waals surface area (Å²) in [6, 6.07) is 96.7. The van der Waals surface area contributed by atoms with Gasteiger partial charge >= 0.3 is 0 Å². The molecule has 0 unspecified atom stereocenters. The number of hydrogen-bond donors (Lipinski definition) is 0. The van der Waals surface area contributed by atoms with Crippen LogP contribution in [0.1, 0.15) is 0 Å². The average Bonchev–Trinajstić information content (AvgIpc) is 4.00. The number of furan rings is 1. The van der Waals surface area contributed by atoms with Crippen LogP contribution in [0, 0.1) is 0 Å². The van der Waals surface area contributed by atoms with Crippen LogP contribution >= 0.6 is 0 Å². The third-order valence-corrected chi connectivity index (χ3v) is 14.4. The van der Waals surface area contributed by atoms with Gasteiger partial charge in [-0.3, -0.25) is 0 Å². The minimum Gasteiger partial charge on any atom is -0.456 e. The van der Waals surface area contributed by atoms with Gasteiger partial charge in [-0.2, -0.15) is 0 Å². The Kier molecular flexibility index (Phi) is 9.53. The molecule has 332 valence electrons. The monoisotopic (exact) mass is 904 g/mol. The molecule has 0 N–H and O–H groups in total. The first-order valence-corrected chi connectivity index (χ1v) is 24.3. The Balaban J connectivity index is 0.797. The van der Waals surface area contributed by atoms with Gasteiger partial charge in [0, 0.05) is 44.3 Å². The minimum atomic E-state index is 0.889. The molecule has 14 rings (SSSR count). The van der Waals surface area contributed by atoms with Crippen LogP contribution in [0.15, 0.2) is 271 Å². The molecule has 3 nitrogen and oxygen atoms in total. The Morgan fingerprint density at radius 1 is 0.282 bits per heavy atom. The summed E-state index contributed by atoms with van der Waals surface area (Å²) in [7, 11) is 0. The van der Waals surface area contributed by atoms with E-state index in [1.165, 1.54) is 71.2 Å². The molecule has 0 fully saturated rings. The highest BCUT2D eigenvalue weighted by atomic mass is 16.3. The summed E-state index contributed by atoms with van der Waals surface area (Å²) in [6.45, 7) is 0. The van der Waals surface area contributed by atoms with Crippen LogP contribution in [0.2, 0.25) is 0 Å². The molecule has 0 saturated carbocycles. The second-order valence-electron chi connectivity index (χ2n) is 18.5. The Morgan fingerprint density at radius 2 is 0.775 bits per heavy atom. The summed E-state index contributed by atoms with van der Waals surface area (Å²) < 4.78 is 8.69. The van der Waals surface area contributed by atoms with E-state index in [1.54, 1.807) is 0 Å². The molecular formula is C68H44N2O. The fourth-order valence-corrected chi connectivity index (χ4v) is 10.9. The molecule has 14 aromatic rings. The predicted molar refractivity (Wildman–Crippen MR) is 299 cm³/mol. The van der Waals surface area contributed by atoms with Gasteiger partial charge in [-0.1, -0.05) is 188 Å². The topological polar surface area (TPSA) is 21.3 Å². The van der Waals surface area contributed by atoms with E-state index in [9.17, 15) is 0 Å². The van der Waals surface area contributed by atoms with Crippen LogP contribution in [0.5, 0.6) is 0 Å². The summed E-state index contributed by atoms with van der Waals surface area (Å²) in [4.78, 5) is 2.36. The highest BCUT2D eigenvalue weighted by Gasteiger charge is 2.18. The summed E-state index contributed by atoms with van der Waals surface area (Å²) in [6.07, 6.45) is 0. The molecule has 0 aliphatic rings. The van der Waals surface area contributed by atoms with Crippen molar-refractivity contribution >= 4 is 82.4 Å². The highest BCUT2D eigenvalue weighted by molar-refractivity contribution is 6.13. The number of anilines is 3. The van der Waals surface area contributed by atoms with Crippen LogP contribution in [0.4, 0.5) is 17.1 Å². The Bertz CT molecular complexity index is 4260. The number of nitrogens with zero attached hydrogens (tertiary/aromatic N) is 2. The zero-order chi connectivity index (χ0) is 46.8. The largest absolute Gasteiger partial charge is 0.456 e. The fourth-order valence-electron chi connectivity index (χ4n) is 10.9. The van der Waals surface area contributed by atoms with Gasteiger partial charge in [0.1, 0.15) is 11.2 Å². The second kappa shape index (κ2) is 16.7.